The highest BCUT2D eigenvalue weighted by atomic mass is 33.8. The van der Waals surface area contributed by atoms with Crippen LogP contribution in [0.4, 0.5) is 0 Å². The van der Waals surface area contributed by atoms with Crippen LogP contribution in [0.2, 0.25) is 0 Å². The fourth-order valence-electron chi connectivity index (χ4n) is 0. The highest BCUT2D eigenvalue weighted by molar-refractivity contribution is 9.13. The van der Waals surface area contributed by atoms with Gasteiger partial charge in [-0.2, -0.15) is 0 Å². The number of thiol groups is 2. The minimum atomic E-state index is -2.22. The van der Waals surface area contributed by atoms with Gasteiger partial charge in [0.15, 0.2) is 0 Å². The molecule has 0 saturated heterocycles. The Morgan fingerprint density at radius 2 is 2.50 bits per heavy atom. The second-order valence-corrected chi connectivity index (χ2v) is 11.0. The molecule has 6 heavy (non-hydrogen) atoms. The van der Waals surface area contributed by atoms with E-state index < -0.39 is 14.5 Å². The van der Waals surface area contributed by atoms with Crippen LogP contribution in [0.15, 0.2) is 0 Å². The monoisotopic (exact) mass is 198 g/mol. The van der Waals surface area contributed by atoms with Gasteiger partial charge in [0.05, 0.1) is 0 Å². The summed E-state index contributed by atoms with van der Waals surface area (Å²) in [6.07, 6.45) is 0. The minimum Gasteiger partial charge on any atom is -0.0958 e. The Morgan fingerprint density at radius 1 is 2.00 bits per heavy atom. The lowest BCUT2D eigenvalue weighted by Gasteiger charge is -1.76. The van der Waals surface area contributed by atoms with E-state index in [2.05, 4.69) is 33.6 Å². The van der Waals surface area contributed by atoms with Crippen molar-refractivity contribution < 1.29 is 0 Å². The van der Waals surface area contributed by atoms with Crippen molar-refractivity contribution >= 4 is 59.6 Å². The van der Waals surface area contributed by atoms with E-state index in [1.807, 2.05) is 0 Å². The van der Waals surface area contributed by atoms with Crippen molar-refractivity contribution in [3.8, 4) is 0 Å². The first-order valence-corrected chi connectivity index (χ1v) is 7.50. The summed E-state index contributed by atoms with van der Waals surface area (Å²) in [7, 11) is -0.848. The largest absolute Gasteiger partial charge is 0.126 e. The van der Waals surface area contributed by atoms with Gasteiger partial charge >= 0.3 is 0 Å². The molecule has 0 N–H and O–H groups in total. The first kappa shape index (κ1) is 4.58. The van der Waals surface area contributed by atoms with Gasteiger partial charge in [0.1, 0.15) is 2.25 Å². The molecule has 0 saturated carbocycles. The van der Waals surface area contributed by atoms with Crippen molar-refractivity contribution in [2.75, 3.05) is 0 Å². The van der Waals surface area contributed by atoms with E-state index >= 15 is 0 Å². The molecular formula is H2S6. The SMILES string of the molecule is [3H]SS(=S)S([3H])(=S)=S. The van der Waals surface area contributed by atoms with E-state index in [-0.39, 0.29) is 0 Å². The van der Waals surface area contributed by atoms with E-state index in [0.717, 1.165) is 0 Å². The van der Waals surface area contributed by atoms with Crippen LogP contribution in [0.3, 0.4) is 0 Å². The van der Waals surface area contributed by atoms with Crippen LogP contribution in [-0.4, -0.2) is 2.25 Å². The van der Waals surface area contributed by atoms with Gasteiger partial charge in [-0.3, -0.25) is 0 Å². The summed E-state index contributed by atoms with van der Waals surface area (Å²) in [5.74, 6) is 0. The van der Waals surface area contributed by atoms with Gasteiger partial charge in [0.2, 0.25) is 0 Å². The van der Waals surface area contributed by atoms with Crippen LogP contribution in [0, 0.1) is 0 Å². The molecule has 0 heterocycles. The third kappa shape index (κ3) is 3.89. The summed E-state index contributed by atoms with van der Waals surface area (Å²) in [5, 5.41) is 0. The maximum atomic E-state index is 7.02. The molecule has 6 heteroatoms. The van der Waals surface area contributed by atoms with E-state index in [9.17, 15) is 0 Å². The summed E-state index contributed by atoms with van der Waals surface area (Å²) in [6.45, 7) is -2.22. The molecule has 0 aromatic heterocycles. The smallest absolute Gasteiger partial charge is 0.0958 e. The van der Waals surface area contributed by atoms with E-state index in [4.69, 9.17) is 2.25 Å². The first-order valence-electron chi connectivity index (χ1n) is 1.65. The Morgan fingerprint density at radius 3 is 2.50 bits per heavy atom. The molecule has 0 aromatic carbocycles. The lowest BCUT2D eigenvalue weighted by Crippen LogP contribution is -1.67. The van der Waals surface area contributed by atoms with Gasteiger partial charge in [-0.1, -0.05) is 11.6 Å². The highest BCUT2D eigenvalue weighted by Gasteiger charge is 1.70. The van der Waals surface area contributed by atoms with Gasteiger partial charge < -0.3 is 0 Å². The number of hydrogen-bond acceptors (Lipinski definition) is 4. The van der Waals surface area contributed by atoms with Crippen molar-refractivity contribution in [1.82, 2.24) is 0 Å². The van der Waals surface area contributed by atoms with Gasteiger partial charge in [-0.15, -0.1) is 0 Å². The maximum Gasteiger partial charge on any atom is 0.126 e. The standard InChI is InChI=1S/H2S6/c1-5(2)6(3)4/h5H,(H,3,4)/i5T/hT. The zero-order valence-electron chi connectivity index (χ0n) is 4.45. The molecule has 0 radical (unpaired) electrons. The Balaban J connectivity index is 4.29. The van der Waals surface area contributed by atoms with Crippen molar-refractivity contribution in [1.29, 1.82) is 2.25 Å². The summed E-state index contributed by atoms with van der Waals surface area (Å²) in [4.78, 5) is 0. The van der Waals surface area contributed by atoms with Crippen LogP contribution in [0.1, 0.15) is 0 Å². The molecular weight excluding hydrogens is 192 g/mol. The van der Waals surface area contributed by atoms with Crippen molar-refractivity contribution in [2.45, 2.75) is 0 Å². The molecule has 0 fully saturated rings. The molecule has 0 bridgehead atoms. The molecule has 0 spiro atoms. The van der Waals surface area contributed by atoms with Crippen molar-refractivity contribution in [2.24, 2.45) is 0 Å². The Labute approximate surface area is 61.5 Å². The quantitative estimate of drug-likeness (QED) is 0.478. The van der Waals surface area contributed by atoms with Gasteiger partial charge in [-0.25, -0.2) is 0 Å². The van der Waals surface area contributed by atoms with Crippen molar-refractivity contribution in [3.63, 3.8) is 0 Å². The molecule has 1 atom stereocenters. The second-order valence-electron chi connectivity index (χ2n) is 0.408. The van der Waals surface area contributed by atoms with E-state index in [0.29, 0.717) is 11.6 Å². The van der Waals surface area contributed by atoms with Gasteiger partial charge in [-0.05, 0) is 48.0 Å². The van der Waals surface area contributed by atoms with E-state index in [1.54, 1.807) is 0 Å². The molecule has 0 aliphatic carbocycles. The predicted octanol–water partition coefficient (Wildman–Crippen LogP) is 0.101. The summed E-state index contributed by atoms with van der Waals surface area (Å²) >= 11 is 14.4. The third-order valence-electron chi connectivity index (χ3n) is 0.111. The lowest BCUT2D eigenvalue weighted by atomic mass is 30.3. The van der Waals surface area contributed by atoms with Crippen LogP contribution in [0.5, 0.6) is 0 Å². The lowest BCUT2D eigenvalue weighted by molar-refractivity contribution is 5.66. The van der Waals surface area contributed by atoms with Crippen LogP contribution >= 0.6 is 11.6 Å². The summed E-state index contributed by atoms with van der Waals surface area (Å²) in [6, 6.07) is 0. The molecule has 0 aliphatic rings. The van der Waals surface area contributed by atoms with Gasteiger partial charge in [0, 0.05) is 0 Å². The molecule has 0 rings (SSSR count). The average Bonchev–Trinajstić information content (AvgIpc) is 1.62. The summed E-state index contributed by atoms with van der Waals surface area (Å²) in [5.41, 5.74) is 0. The number of hydrogen-bond donors (Lipinski definition) is 2. The molecule has 0 nitrogen and oxygen atoms in total. The molecule has 1 unspecified atom stereocenters. The van der Waals surface area contributed by atoms with E-state index in [1.165, 1.54) is 0 Å². The average molecular weight is 198 g/mol. The fraction of sp³-hybridized carbons (Fsp3) is 0. The predicted molar refractivity (Wildman–Crippen MR) is 47.2 cm³/mol. The third-order valence-corrected chi connectivity index (χ3v) is 9.00. The Bertz CT molecular complexity index is 173. The number of rotatable bonds is 2. The topological polar surface area (TPSA) is 0 Å². The first-order chi connectivity index (χ1) is 3.48. The molecule has 0 aliphatic heterocycles. The van der Waals surface area contributed by atoms with Crippen LogP contribution < -0.4 is 0 Å². The normalized spacial score (nSPS) is 21.3. The van der Waals surface area contributed by atoms with Gasteiger partial charge in [0.25, 0.3) is 0 Å². The zero-order valence-corrected chi connectivity index (χ0v) is 7.35. The van der Waals surface area contributed by atoms with Crippen molar-refractivity contribution in [3.05, 3.63) is 0 Å². The maximum absolute atomic E-state index is 7.02. The molecule has 0 amide bonds. The highest BCUT2D eigenvalue weighted by Crippen LogP contribution is 1.86. The molecule has 0 aromatic rings. The van der Waals surface area contributed by atoms with Crippen LogP contribution in [0.25, 0.3) is 0 Å². The minimum absolute atomic E-state index is 0.666. The second kappa shape index (κ2) is 3.68. The Kier molecular flexibility index (Phi) is 2.81. The summed E-state index contributed by atoms with van der Waals surface area (Å²) < 4.78 is 13.7. The molecule has 38 valence electrons. The Hall–Kier alpha value is 1.71. The zero-order chi connectivity index (χ0) is 6.78. The fourth-order valence-corrected chi connectivity index (χ4v) is 0. The van der Waals surface area contributed by atoms with Crippen LogP contribution in [-0.2, 0) is 48.0 Å².